The molecule has 5 heteroatoms. The van der Waals surface area contributed by atoms with Crippen LogP contribution in [-0.4, -0.2) is 31.0 Å². The van der Waals surface area contributed by atoms with Gasteiger partial charge in [-0.1, -0.05) is 103 Å². The van der Waals surface area contributed by atoms with Gasteiger partial charge in [0.2, 0.25) is 0 Å². The number of carbonyl (C=O) groups is 2. The second-order valence-electron chi connectivity index (χ2n) is 9.35. The molecule has 0 aliphatic rings. The molecule has 0 saturated carbocycles. The third kappa shape index (κ3) is 27.4. The van der Waals surface area contributed by atoms with Crippen molar-refractivity contribution in [2.75, 3.05) is 19.1 Å². The van der Waals surface area contributed by atoms with Gasteiger partial charge in [-0.15, -0.1) is 11.6 Å². The molecule has 0 aliphatic heterocycles. The summed E-state index contributed by atoms with van der Waals surface area (Å²) < 4.78 is 10.6. The second kappa shape index (κ2) is 27.5. The van der Waals surface area contributed by atoms with Crippen LogP contribution < -0.4 is 0 Å². The lowest BCUT2D eigenvalue weighted by molar-refractivity contribution is -0.144. The quantitative estimate of drug-likeness (QED) is 0.0692. The monoisotopic (exact) mass is 488 g/mol. The molecule has 0 heterocycles. The van der Waals surface area contributed by atoms with Crippen molar-refractivity contribution in [2.24, 2.45) is 0 Å². The molecule has 0 aromatic carbocycles. The summed E-state index contributed by atoms with van der Waals surface area (Å²) in [6.07, 6.45) is 24.1. The first kappa shape index (κ1) is 32.2. The van der Waals surface area contributed by atoms with Gasteiger partial charge in [0.05, 0.1) is 13.2 Å². The predicted octanol–water partition coefficient (Wildman–Crippen LogP) is 8.91. The Morgan fingerprint density at radius 1 is 0.485 bits per heavy atom. The molecule has 0 radical (unpaired) electrons. The smallest absolute Gasteiger partial charge is 0.305 e. The van der Waals surface area contributed by atoms with Crippen molar-refractivity contribution >= 4 is 23.5 Å². The molecule has 196 valence electrons. The average Bonchev–Trinajstić information content (AvgIpc) is 2.81. The van der Waals surface area contributed by atoms with Crippen LogP contribution >= 0.6 is 11.6 Å². The van der Waals surface area contributed by atoms with Crippen molar-refractivity contribution in [3.8, 4) is 0 Å². The van der Waals surface area contributed by atoms with Gasteiger partial charge in [0.15, 0.2) is 0 Å². The lowest BCUT2D eigenvalue weighted by Crippen LogP contribution is -2.06. The first-order valence-corrected chi connectivity index (χ1v) is 14.6. The normalized spacial score (nSPS) is 11.0. The molecule has 0 spiro atoms. The Bertz CT molecular complexity index is 428. The highest BCUT2D eigenvalue weighted by molar-refractivity contribution is 6.17. The zero-order valence-electron chi connectivity index (χ0n) is 21.7. The maximum Gasteiger partial charge on any atom is 0.305 e. The summed E-state index contributed by atoms with van der Waals surface area (Å²) >= 11 is 5.66. The highest BCUT2D eigenvalue weighted by Gasteiger charge is 2.04. The molecule has 0 aromatic heterocycles. The highest BCUT2D eigenvalue weighted by atomic mass is 35.5. The van der Waals surface area contributed by atoms with E-state index in [2.05, 4.69) is 6.92 Å². The van der Waals surface area contributed by atoms with E-state index >= 15 is 0 Å². The maximum atomic E-state index is 11.8. The minimum absolute atomic E-state index is 0.0454. The van der Waals surface area contributed by atoms with E-state index in [1.807, 2.05) is 0 Å². The Hall–Kier alpha value is -0.770. The first-order valence-electron chi connectivity index (χ1n) is 14.1. The van der Waals surface area contributed by atoms with E-state index in [-0.39, 0.29) is 11.9 Å². The summed E-state index contributed by atoms with van der Waals surface area (Å²) in [6.45, 7) is 3.38. The van der Waals surface area contributed by atoms with E-state index in [1.54, 1.807) is 0 Å². The van der Waals surface area contributed by atoms with Crippen LogP contribution in [0.25, 0.3) is 0 Å². The van der Waals surface area contributed by atoms with Crippen LogP contribution in [0.4, 0.5) is 0 Å². The minimum Gasteiger partial charge on any atom is -0.466 e. The van der Waals surface area contributed by atoms with Crippen LogP contribution in [0.1, 0.15) is 148 Å². The fourth-order valence-corrected chi connectivity index (χ4v) is 4.09. The summed E-state index contributed by atoms with van der Waals surface area (Å²) in [5.41, 5.74) is 0. The van der Waals surface area contributed by atoms with Gasteiger partial charge in [0.25, 0.3) is 0 Å². The lowest BCUT2D eigenvalue weighted by atomic mass is 10.1. The van der Waals surface area contributed by atoms with Crippen LogP contribution in [0.2, 0.25) is 0 Å². The van der Waals surface area contributed by atoms with E-state index < -0.39 is 0 Å². The van der Waals surface area contributed by atoms with Crippen molar-refractivity contribution in [1.82, 2.24) is 0 Å². The van der Waals surface area contributed by atoms with E-state index in [0.717, 1.165) is 70.1 Å². The number of unbranched alkanes of at least 4 members (excludes halogenated alkanes) is 17. The first-order chi connectivity index (χ1) is 16.2. The number of rotatable bonds is 26. The van der Waals surface area contributed by atoms with Crippen LogP contribution in [0.3, 0.4) is 0 Å². The van der Waals surface area contributed by atoms with Gasteiger partial charge in [-0.25, -0.2) is 0 Å². The maximum absolute atomic E-state index is 11.8. The molecular weight excluding hydrogens is 436 g/mol. The fourth-order valence-electron chi connectivity index (χ4n) is 3.90. The standard InChI is InChI=1S/C28H53ClO4/c1-2-3-4-5-6-10-15-20-25-32-27(30)22-17-12-7-8-13-18-23-28(31)33-26-21-16-11-9-14-19-24-29/h2-26H2,1H3. The molecule has 0 saturated heterocycles. The molecule has 4 nitrogen and oxygen atoms in total. The summed E-state index contributed by atoms with van der Waals surface area (Å²) in [6, 6.07) is 0. The molecule has 0 rings (SSSR count). The van der Waals surface area contributed by atoms with Gasteiger partial charge >= 0.3 is 11.9 Å². The van der Waals surface area contributed by atoms with Crippen molar-refractivity contribution < 1.29 is 19.1 Å². The van der Waals surface area contributed by atoms with Gasteiger partial charge < -0.3 is 9.47 Å². The third-order valence-electron chi connectivity index (χ3n) is 6.06. The predicted molar refractivity (Wildman–Crippen MR) is 140 cm³/mol. The molecule has 0 bridgehead atoms. The minimum atomic E-state index is -0.0589. The van der Waals surface area contributed by atoms with Gasteiger partial charge in [0.1, 0.15) is 0 Å². The van der Waals surface area contributed by atoms with Crippen molar-refractivity contribution in [1.29, 1.82) is 0 Å². The van der Waals surface area contributed by atoms with Crippen LogP contribution in [0.15, 0.2) is 0 Å². The SMILES string of the molecule is CCCCCCCCCCOC(=O)CCCCCCCCC(=O)OCCCCCCCCCl. The zero-order valence-corrected chi connectivity index (χ0v) is 22.4. The van der Waals surface area contributed by atoms with Crippen LogP contribution in [0, 0.1) is 0 Å². The molecule has 0 unspecified atom stereocenters. The molecule has 0 aromatic rings. The van der Waals surface area contributed by atoms with Crippen LogP contribution in [-0.2, 0) is 19.1 Å². The summed E-state index contributed by atoms with van der Waals surface area (Å²) in [4.78, 5) is 23.5. The number of alkyl halides is 1. The molecular formula is C28H53ClO4. The largest absolute Gasteiger partial charge is 0.466 e. The van der Waals surface area contributed by atoms with E-state index in [9.17, 15) is 9.59 Å². The fraction of sp³-hybridized carbons (Fsp3) is 0.929. The molecule has 0 N–H and O–H groups in total. The number of carbonyl (C=O) groups excluding carboxylic acids is 2. The number of halogens is 1. The highest BCUT2D eigenvalue weighted by Crippen LogP contribution is 2.11. The molecule has 0 amide bonds. The van der Waals surface area contributed by atoms with Gasteiger partial charge in [-0.2, -0.15) is 0 Å². The molecule has 0 aliphatic carbocycles. The Kier molecular flexibility index (Phi) is 26.8. The Labute approximate surface area is 209 Å². The number of hydrogen-bond acceptors (Lipinski definition) is 4. The van der Waals surface area contributed by atoms with Crippen LogP contribution in [0.5, 0.6) is 0 Å². The summed E-state index contributed by atoms with van der Waals surface area (Å²) in [5.74, 6) is 0.651. The Balaban J connectivity index is 3.25. The average molecular weight is 489 g/mol. The summed E-state index contributed by atoms with van der Waals surface area (Å²) in [7, 11) is 0. The number of ether oxygens (including phenoxy) is 2. The van der Waals surface area contributed by atoms with Crippen molar-refractivity contribution in [2.45, 2.75) is 148 Å². The van der Waals surface area contributed by atoms with Crippen molar-refractivity contribution in [3.05, 3.63) is 0 Å². The summed E-state index contributed by atoms with van der Waals surface area (Å²) in [5, 5.41) is 0. The van der Waals surface area contributed by atoms with Gasteiger partial charge in [0, 0.05) is 18.7 Å². The molecule has 33 heavy (non-hydrogen) atoms. The number of hydrogen-bond donors (Lipinski definition) is 0. The van der Waals surface area contributed by atoms with Gasteiger partial charge in [-0.3, -0.25) is 9.59 Å². The van der Waals surface area contributed by atoms with E-state index in [1.165, 1.54) is 64.2 Å². The Morgan fingerprint density at radius 2 is 0.818 bits per heavy atom. The topological polar surface area (TPSA) is 52.6 Å². The van der Waals surface area contributed by atoms with Gasteiger partial charge in [-0.05, 0) is 32.1 Å². The molecule has 0 atom stereocenters. The van der Waals surface area contributed by atoms with Crippen molar-refractivity contribution in [3.63, 3.8) is 0 Å². The molecule has 0 fully saturated rings. The Morgan fingerprint density at radius 3 is 1.21 bits per heavy atom. The second-order valence-corrected chi connectivity index (χ2v) is 9.73. The lowest BCUT2D eigenvalue weighted by Gasteiger charge is -2.06. The van der Waals surface area contributed by atoms with E-state index in [4.69, 9.17) is 21.1 Å². The third-order valence-corrected chi connectivity index (χ3v) is 6.33. The van der Waals surface area contributed by atoms with E-state index in [0.29, 0.717) is 26.1 Å². The zero-order chi connectivity index (χ0) is 24.2. The number of esters is 2.